The average Bonchev–Trinajstić information content (AvgIpc) is 2.99. The number of ether oxygens (including phenoxy) is 1. The summed E-state index contributed by atoms with van der Waals surface area (Å²) in [4.78, 5) is 29.0. The number of carbonyl (C=O) groups is 2. The standard InChI is InChI=1S/C19H26N2O3/c1-5-6-11-24-17(23)16(22)13-7-8-15-14(12-13)19(2)9-10-20(3)18(19)21(15)4/h7-8,12,18H,5-6,9-11H2,1-4H3/t18?,19-/m0/s1. The molecule has 24 heavy (non-hydrogen) atoms. The van der Waals surface area contributed by atoms with E-state index in [2.05, 4.69) is 30.8 Å². The molecular formula is C19H26N2O3. The highest BCUT2D eigenvalue weighted by atomic mass is 16.5. The third-order valence-corrected chi connectivity index (χ3v) is 5.51. The van der Waals surface area contributed by atoms with Crippen LogP contribution < -0.4 is 4.90 Å². The van der Waals surface area contributed by atoms with Crippen molar-refractivity contribution < 1.29 is 14.3 Å². The first-order chi connectivity index (χ1) is 11.4. The molecular weight excluding hydrogens is 304 g/mol. The topological polar surface area (TPSA) is 49.9 Å². The Labute approximate surface area is 143 Å². The van der Waals surface area contributed by atoms with Gasteiger partial charge in [-0.25, -0.2) is 4.79 Å². The van der Waals surface area contributed by atoms with Gasteiger partial charge in [-0.3, -0.25) is 9.69 Å². The zero-order chi connectivity index (χ0) is 17.5. The van der Waals surface area contributed by atoms with Gasteiger partial charge in [-0.05, 0) is 43.7 Å². The van der Waals surface area contributed by atoms with E-state index in [-0.39, 0.29) is 5.41 Å². The summed E-state index contributed by atoms with van der Waals surface area (Å²) < 4.78 is 5.06. The first kappa shape index (κ1) is 17.0. The van der Waals surface area contributed by atoms with Gasteiger partial charge in [-0.15, -0.1) is 0 Å². The molecule has 3 rings (SSSR count). The summed E-state index contributed by atoms with van der Waals surface area (Å²) in [6.45, 7) is 5.60. The monoisotopic (exact) mass is 330 g/mol. The van der Waals surface area contributed by atoms with Crippen LogP contribution in [0.5, 0.6) is 0 Å². The number of rotatable bonds is 5. The number of unbranched alkanes of at least 4 members (excludes halogenated alkanes) is 1. The molecule has 2 aliphatic rings. The van der Waals surface area contributed by atoms with E-state index in [1.165, 1.54) is 0 Å². The number of hydrogen-bond acceptors (Lipinski definition) is 5. The largest absolute Gasteiger partial charge is 0.460 e. The van der Waals surface area contributed by atoms with Crippen molar-refractivity contribution in [1.82, 2.24) is 4.90 Å². The van der Waals surface area contributed by atoms with Gasteiger partial charge >= 0.3 is 5.97 Å². The molecule has 0 amide bonds. The van der Waals surface area contributed by atoms with Gasteiger partial charge in [0, 0.05) is 30.3 Å². The Kier molecular flexibility index (Phi) is 4.38. The van der Waals surface area contributed by atoms with Gasteiger partial charge in [0.1, 0.15) is 0 Å². The Morgan fingerprint density at radius 3 is 2.79 bits per heavy atom. The number of nitrogens with zero attached hydrogens (tertiary/aromatic N) is 2. The van der Waals surface area contributed by atoms with Crippen molar-refractivity contribution in [2.75, 3.05) is 32.1 Å². The first-order valence-electron chi connectivity index (χ1n) is 8.69. The van der Waals surface area contributed by atoms with Gasteiger partial charge in [0.15, 0.2) is 0 Å². The molecule has 0 radical (unpaired) electrons. The molecule has 1 fully saturated rings. The lowest BCUT2D eigenvalue weighted by Gasteiger charge is -2.32. The molecule has 5 nitrogen and oxygen atoms in total. The van der Waals surface area contributed by atoms with Crippen LogP contribution in [0.15, 0.2) is 18.2 Å². The second-order valence-corrected chi connectivity index (χ2v) is 7.18. The maximum atomic E-state index is 12.4. The number of esters is 1. The number of likely N-dealkylation sites (N-methyl/N-ethyl adjacent to an activating group) is 2. The molecule has 2 atom stereocenters. The van der Waals surface area contributed by atoms with Crippen molar-refractivity contribution in [3.8, 4) is 0 Å². The zero-order valence-electron chi connectivity index (χ0n) is 15.0. The number of likely N-dealkylation sites (tertiary alicyclic amines) is 1. The molecule has 1 aromatic rings. The lowest BCUT2D eigenvalue weighted by Crippen LogP contribution is -2.45. The molecule has 130 valence electrons. The van der Waals surface area contributed by atoms with Gasteiger partial charge in [-0.1, -0.05) is 20.3 Å². The summed E-state index contributed by atoms with van der Waals surface area (Å²) in [6, 6.07) is 5.59. The number of carbonyl (C=O) groups excluding carboxylic acids is 2. The van der Waals surface area contributed by atoms with E-state index < -0.39 is 11.8 Å². The predicted molar refractivity (Wildman–Crippen MR) is 93.4 cm³/mol. The molecule has 0 spiro atoms. The Hall–Kier alpha value is -1.88. The van der Waals surface area contributed by atoms with Crippen LogP contribution in [0.4, 0.5) is 5.69 Å². The van der Waals surface area contributed by atoms with Crippen molar-refractivity contribution in [3.05, 3.63) is 29.3 Å². The highest BCUT2D eigenvalue weighted by molar-refractivity contribution is 6.40. The van der Waals surface area contributed by atoms with Crippen molar-refractivity contribution in [1.29, 1.82) is 0 Å². The molecule has 0 bridgehead atoms. The SMILES string of the molecule is CCCCOC(=O)C(=O)c1ccc2c(c1)[C@]1(C)CCN(C)C1N2C. The maximum Gasteiger partial charge on any atom is 0.379 e. The van der Waals surface area contributed by atoms with Gasteiger partial charge in [0.25, 0.3) is 5.78 Å². The van der Waals surface area contributed by atoms with E-state index >= 15 is 0 Å². The summed E-state index contributed by atoms with van der Waals surface area (Å²) in [5, 5.41) is 0. The fraction of sp³-hybridized carbons (Fsp3) is 0.579. The molecule has 0 aliphatic carbocycles. The summed E-state index contributed by atoms with van der Waals surface area (Å²) >= 11 is 0. The zero-order valence-corrected chi connectivity index (χ0v) is 15.0. The quantitative estimate of drug-likeness (QED) is 0.359. The van der Waals surface area contributed by atoms with Crippen molar-refractivity contribution in [3.63, 3.8) is 0 Å². The van der Waals surface area contributed by atoms with Crippen LogP contribution in [0.1, 0.15) is 49.0 Å². The lowest BCUT2D eigenvalue weighted by atomic mass is 9.80. The Morgan fingerprint density at radius 2 is 2.08 bits per heavy atom. The van der Waals surface area contributed by atoms with Gasteiger partial charge in [-0.2, -0.15) is 0 Å². The number of Topliss-reactive ketones (excluding diaryl/α,β-unsaturated/α-hetero) is 1. The maximum absolute atomic E-state index is 12.4. The fourth-order valence-electron chi connectivity index (χ4n) is 4.21. The van der Waals surface area contributed by atoms with Crippen molar-refractivity contribution >= 4 is 17.4 Å². The molecule has 0 saturated carbocycles. The van der Waals surface area contributed by atoms with Crippen LogP contribution in [0.2, 0.25) is 0 Å². The normalized spacial score (nSPS) is 25.5. The minimum Gasteiger partial charge on any atom is -0.460 e. The average molecular weight is 330 g/mol. The molecule has 2 heterocycles. The van der Waals surface area contributed by atoms with E-state index in [1.54, 1.807) is 6.07 Å². The summed E-state index contributed by atoms with van der Waals surface area (Å²) in [5.74, 6) is -1.30. The second kappa shape index (κ2) is 6.20. The molecule has 1 aromatic carbocycles. The minimum atomic E-state index is -0.750. The van der Waals surface area contributed by atoms with E-state index in [0.29, 0.717) is 18.3 Å². The molecule has 0 aromatic heterocycles. The molecule has 0 N–H and O–H groups in total. The van der Waals surface area contributed by atoms with E-state index in [4.69, 9.17) is 4.74 Å². The van der Waals surface area contributed by atoms with Crippen LogP contribution >= 0.6 is 0 Å². The molecule has 1 unspecified atom stereocenters. The van der Waals surface area contributed by atoms with Gasteiger partial charge in [0.05, 0.1) is 12.8 Å². The van der Waals surface area contributed by atoms with Crippen LogP contribution in [0.25, 0.3) is 0 Å². The number of ketones is 1. The summed E-state index contributed by atoms with van der Waals surface area (Å²) in [5.41, 5.74) is 2.72. The van der Waals surface area contributed by atoms with Crippen LogP contribution in [-0.2, 0) is 14.9 Å². The van der Waals surface area contributed by atoms with Crippen LogP contribution in [0.3, 0.4) is 0 Å². The van der Waals surface area contributed by atoms with Crippen LogP contribution in [0, 0.1) is 0 Å². The Bertz CT molecular complexity index is 673. The fourth-order valence-corrected chi connectivity index (χ4v) is 4.21. The molecule has 1 saturated heterocycles. The summed E-state index contributed by atoms with van der Waals surface area (Å²) in [6.07, 6.45) is 3.05. The first-order valence-corrected chi connectivity index (χ1v) is 8.69. The Balaban J connectivity index is 1.86. The van der Waals surface area contributed by atoms with Gasteiger partial charge < -0.3 is 9.64 Å². The van der Waals surface area contributed by atoms with Crippen molar-refractivity contribution in [2.45, 2.75) is 44.7 Å². The second-order valence-electron chi connectivity index (χ2n) is 7.18. The highest BCUT2D eigenvalue weighted by Gasteiger charge is 2.52. The number of anilines is 1. The smallest absolute Gasteiger partial charge is 0.379 e. The third-order valence-electron chi connectivity index (χ3n) is 5.51. The predicted octanol–water partition coefficient (Wildman–Crippen LogP) is 2.58. The lowest BCUT2D eigenvalue weighted by molar-refractivity contribution is -0.138. The molecule has 5 heteroatoms. The van der Waals surface area contributed by atoms with Crippen LogP contribution in [-0.4, -0.2) is 50.1 Å². The van der Waals surface area contributed by atoms with E-state index in [1.807, 2.05) is 19.1 Å². The number of hydrogen-bond donors (Lipinski definition) is 0. The minimum absolute atomic E-state index is 0.0127. The van der Waals surface area contributed by atoms with Gasteiger partial charge in [0.2, 0.25) is 0 Å². The van der Waals surface area contributed by atoms with E-state index in [9.17, 15) is 9.59 Å². The van der Waals surface area contributed by atoms with Crippen molar-refractivity contribution in [2.24, 2.45) is 0 Å². The third kappa shape index (κ3) is 2.51. The van der Waals surface area contributed by atoms with E-state index in [0.717, 1.165) is 37.1 Å². The summed E-state index contributed by atoms with van der Waals surface area (Å²) in [7, 11) is 4.23. The highest BCUT2D eigenvalue weighted by Crippen LogP contribution is 2.51. The Morgan fingerprint density at radius 1 is 1.33 bits per heavy atom. The molecule has 2 aliphatic heterocycles. The number of benzene rings is 1. The number of fused-ring (bicyclic) bond motifs is 3.